The van der Waals surface area contributed by atoms with Crippen molar-refractivity contribution >= 4 is 19.6 Å². The highest BCUT2D eigenvalue weighted by Crippen LogP contribution is 2.55. The molecule has 0 saturated heterocycles. The summed E-state index contributed by atoms with van der Waals surface area (Å²) in [6.45, 7) is 13.0. The van der Waals surface area contributed by atoms with Crippen LogP contribution in [0.3, 0.4) is 0 Å². The Morgan fingerprint density at radius 2 is 1.38 bits per heavy atom. The van der Waals surface area contributed by atoms with E-state index < -0.39 is 8.32 Å². The van der Waals surface area contributed by atoms with Gasteiger partial charge in [0.2, 0.25) is 0 Å². The zero-order valence-electron chi connectivity index (χ0n) is 21.3. The SMILES string of the molecule is CC(C)(C)[Si](C)(C)OC1CCC2(CC1)OC(c1ccccc1)=C1COCC(c3ccccc3)=C12. The van der Waals surface area contributed by atoms with Crippen molar-refractivity contribution in [2.45, 2.75) is 76.3 Å². The molecule has 34 heavy (non-hydrogen) atoms. The van der Waals surface area contributed by atoms with E-state index in [0.717, 1.165) is 37.0 Å². The normalized spacial score (nSPS) is 25.5. The van der Waals surface area contributed by atoms with Crippen LogP contribution in [0, 0.1) is 0 Å². The van der Waals surface area contributed by atoms with E-state index in [1.54, 1.807) is 0 Å². The second-order valence-electron chi connectivity index (χ2n) is 11.6. The molecule has 0 aromatic heterocycles. The van der Waals surface area contributed by atoms with Gasteiger partial charge in [-0.1, -0.05) is 81.4 Å². The molecule has 0 N–H and O–H groups in total. The highest BCUT2D eigenvalue weighted by atomic mass is 28.4. The molecule has 3 nitrogen and oxygen atoms in total. The fourth-order valence-electron chi connectivity index (χ4n) is 5.43. The number of hydrogen-bond donors (Lipinski definition) is 0. The second-order valence-corrected chi connectivity index (χ2v) is 16.3. The highest BCUT2D eigenvalue weighted by Gasteiger charge is 2.51. The molecule has 0 unspecified atom stereocenters. The average Bonchev–Trinajstić information content (AvgIpc) is 3.15. The maximum absolute atomic E-state index is 7.02. The number of ether oxygens (including phenoxy) is 2. The van der Waals surface area contributed by atoms with Crippen molar-refractivity contribution in [3.63, 3.8) is 0 Å². The van der Waals surface area contributed by atoms with Crippen molar-refractivity contribution in [2.24, 2.45) is 0 Å². The molecule has 1 fully saturated rings. The van der Waals surface area contributed by atoms with Gasteiger partial charge in [0.1, 0.15) is 11.4 Å². The van der Waals surface area contributed by atoms with Crippen LogP contribution in [0.4, 0.5) is 0 Å². The van der Waals surface area contributed by atoms with Gasteiger partial charge in [0, 0.05) is 22.8 Å². The molecule has 3 aliphatic rings. The first-order valence-corrected chi connectivity index (χ1v) is 15.6. The Bertz CT molecular complexity index is 1080. The number of benzene rings is 2. The smallest absolute Gasteiger partial charge is 0.192 e. The van der Waals surface area contributed by atoms with Crippen LogP contribution in [0.25, 0.3) is 11.3 Å². The lowest BCUT2D eigenvalue weighted by Gasteiger charge is -2.44. The number of hydrogen-bond acceptors (Lipinski definition) is 3. The average molecular weight is 475 g/mol. The Morgan fingerprint density at radius 3 is 1.97 bits per heavy atom. The molecule has 0 amide bonds. The molecule has 1 spiro atoms. The van der Waals surface area contributed by atoms with E-state index in [9.17, 15) is 0 Å². The first-order chi connectivity index (χ1) is 16.2. The summed E-state index contributed by atoms with van der Waals surface area (Å²) >= 11 is 0. The summed E-state index contributed by atoms with van der Waals surface area (Å²) in [7, 11) is -1.79. The largest absolute Gasteiger partial charge is 0.482 e. The molecule has 5 rings (SSSR count). The van der Waals surface area contributed by atoms with Gasteiger partial charge in [-0.2, -0.15) is 0 Å². The zero-order valence-corrected chi connectivity index (χ0v) is 22.3. The third-order valence-corrected chi connectivity index (χ3v) is 12.8. The fourth-order valence-corrected chi connectivity index (χ4v) is 6.85. The Kier molecular flexibility index (Phi) is 6.12. The summed E-state index contributed by atoms with van der Waals surface area (Å²) in [6, 6.07) is 21.3. The van der Waals surface area contributed by atoms with Crippen molar-refractivity contribution in [1.29, 1.82) is 0 Å². The molecule has 0 bridgehead atoms. The number of rotatable bonds is 4. The maximum Gasteiger partial charge on any atom is 0.192 e. The minimum atomic E-state index is -1.79. The van der Waals surface area contributed by atoms with Crippen molar-refractivity contribution < 1.29 is 13.9 Å². The zero-order chi connectivity index (χ0) is 24.0. The van der Waals surface area contributed by atoms with Gasteiger partial charge < -0.3 is 13.9 Å². The molecule has 0 atom stereocenters. The van der Waals surface area contributed by atoms with Gasteiger partial charge in [-0.05, 0) is 55.0 Å². The topological polar surface area (TPSA) is 27.7 Å². The van der Waals surface area contributed by atoms with E-state index in [1.165, 1.54) is 22.3 Å². The third-order valence-electron chi connectivity index (χ3n) is 8.29. The Labute approximate surface area is 206 Å². The molecular formula is C30H38O3Si. The second kappa shape index (κ2) is 8.82. The summed E-state index contributed by atoms with van der Waals surface area (Å²) in [5, 5.41) is 0.227. The summed E-state index contributed by atoms with van der Waals surface area (Å²) in [6.07, 6.45) is 4.36. The molecule has 0 radical (unpaired) electrons. The Hall–Kier alpha value is -2.14. The van der Waals surface area contributed by atoms with Crippen LogP contribution in [0.15, 0.2) is 71.8 Å². The van der Waals surface area contributed by atoms with Crippen molar-refractivity contribution in [1.82, 2.24) is 0 Å². The van der Waals surface area contributed by atoms with Crippen LogP contribution in [-0.4, -0.2) is 33.2 Å². The van der Waals surface area contributed by atoms with Crippen LogP contribution < -0.4 is 0 Å². The van der Waals surface area contributed by atoms with Crippen LogP contribution in [0.5, 0.6) is 0 Å². The Balaban J connectivity index is 1.51. The minimum absolute atomic E-state index is 0.227. The number of fused-ring (bicyclic) bond motifs is 2. The lowest BCUT2D eigenvalue weighted by atomic mass is 9.73. The predicted octanol–water partition coefficient (Wildman–Crippen LogP) is 7.62. The summed E-state index contributed by atoms with van der Waals surface area (Å²) < 4.78 is 20.0. The Morgan fingerprint density at radius 1 is 0.824 bits per heavy atom. The van der Waals surface area contributed by atoms with E-state index in [1.807, 2.05) is 0 Å². The monoisotopic (exact) mass is 474 g/mol. The van der Waals surface area contributed by atoms with Crippen LogP contribution in [0.2, 0.25) is 18.1 Å². The van der Waals surface area contributed by atoms with Gasteiger partial charge in [0.05, 0.1) is 13.2 Å². The summed E-state index contributed by atoms with van der Waals surface area (Å²) in [4.78, 5) is 0. The molecule has 2 aromatic rings. The van der Waals surface area contributed by atoms with Gasteiger partial charge in [0.25, 0.3) is 0 Å². The highest BCUT2D eigenvalue weighted by molar-refractivity contribution is 6.74. The third kappa shape index (κ3) is 4.21. The van der Waals surface area contributed by atoms with Crippen molar-refractivity contribution in [3.05, 3.63) is 82.9 Å². The van der Waals surface area contributed by atoms with Crippen molar-refractivity contribution in [2.75, 3.05) is 13.2 Å². The minimum Gasteiger partial charge on any atom is -0.482 e. The molecule has 2 aliphatic heterocycles. The fraction of sp³-hybridized carbons (Fsp3) is 0.467. The lowest BCUT2D eigenvalue weighted by molar-refractivity contribution is 0.00953. The van der Waals surface area contributed by atoms with Gasteiger partial charge in [-0.15, -0.1) is 0 Å². The summed E-state index contributed by atoms with van der Waals surface area (Å²) in [5.74, 6) is 1.01. The molecular weight excluding hydrogens is 436 g/mol. The molecule has 180 valence electrons. The van der Waals surface area contributed by atoms with Crippen LogP contribution in [-0.2, 0) is 13.9 Å². The summed E-state index contributed by atoms with van der Waals surface area (Å²) in [5.41, 5.74) is 6.00. The van der Waals surface area contributed by atoms with E-state index in [2.05, 4.69) is 94.5 Å². The molecule has 1 aliphatic carbocycles. The quantitative estimate of drug-likeness (QED) is 0.427. The van der Waals surface area contributed by atoms with Gasteiger partial charge in [0.15, 0.2) is 8.32 Å². The van der Waals surface area contributed by atoms with Crippen LogP contribution >= 0.6 is 0 Å². The van der Waals surface area contributed by atoms with E-state index >= 15 is 0 Å². The molecule has 1 saturated carbocycles. The van der Waals surface area contributed by atoms with Crippen LogP contribution in [0.1, 0.15) is 57.6 Å². The predicted molar refractivity (Wildman–Crippen MR) is 142 cm³/mol. The molecule has 4 heteroatoms. The van der Waals surface area contributed by atoms with E-state index in [-0.39, 0.29) is 10.6 Å². The standard InChI is InChI=1S/C30H38O3Si/c1-29(2,3)34(4,5)33-24-16-18-30(19-17-24)27-25(22-12-8-6-9-13-22)20-31-21-26(27)28(32-30)23-14-10-7-11-15-23/h6-15,24H,16-21H2,1-5H3. The lowest BCUT2D eigenvalue weighted by Crippen LogP contribution is -2.47. The molecule has 2 heterocycles. The molecule has 2 aromatic carbocycles. The van der Waals surface area contributed by atoms with Gasteiger partial charge >= 0.3 is 0 Å². The van der Waals surface area contributed by atoms with E-state index in [4.69, 9.17) is 13.9 Å². The first kappa shape index (κ1) is 23.6. The van der Waals surface area contributed by atoms with Gasteiger partial charge in [-0.25, -0.2) is 0 Å². The maximum atomic E-state index is 7.02. The first-order valence-electron chi connectivity index (χ1n) is 12.7. The van der Waals surface area contributed by atoms with Gasteiger partial charge in [-0.3, -0.25) is 0 Å². The van der Waals surface area contributed by atoms with E-state index in [0.29, 0.717) is 19.3 Å². The van der Waals surface area contributed by atoms with Crippen molar-refractivity contribution in [3.8, 4) is 0 Å².